The fourth-order valence-corrected chi connectivity index (χ4v) is 3.32. The second-order valence-electron chi connectivity index (χ2n) is 5.72. The summed E-state index contributed by atoms with van der Waals surface area (Å²) in [5.41, 5.74) is 5.70. The zero-order valence-corrected chi connectivity index (χ0v) is 13.8. The van der Waals surface area contributed by atoms with Gasteiger partial charge in [-0.3, -0.25) is 14.2 Å². The lowest BCUT2D eigenvalue weighted by Gasteiger charge is -2.27. The summed E-state index contributed by atoms with van der Waals surface area (Å²) in [4.78, 5) is 22.4. The number of carboxylic acids is 1. The number of hydrogen-bond acceptors (Lipinski definition) is 4. The Kier molecular flexibility index (Phi) is 5.65. The van der Waals surface area contributed by atoms with Gasteiger partial charge in [0, 0.05) is 12.8 Å². The SMILES string of the molecule is NC(=O)CCC(C(=O)O)C(O)(Cc1ccc2ccccc2c1)P=O. The average Bonchev–Trinajstić information content (AvgIpc) is 2.54. The first-order valence-electron chi connectivity index (χ1n) is 7.41. The molecule has 0 bridgehead atoms. The van der Waals surface area contributed by atoms with E-state index in [1.54, 1.807) is 6.07 Å². The van der Waals surface area contributed by atoms with Crippen molar-refractivity contribution < 1.29 is 24.4 Å². The van der Waals surface area contributed by atoms with Crippen LogP contribution in [0.5, 0.6) is 0 Å². The van der Waals surface area contributed by atoms with Crippen LogP contribution in [0.2, 0.25) is 0 Å². The molecule has 0 aromatic heterocycles. The minimum Gasteiger partial charge on any atom is -0.481 e. The van der Waals surface area contributed by atoms with Gasteiger partial charge in [-0.1, -0.05) is 42.5 Å². The molecule has 2 aromatic carbocycles. The number of hydrogen-bond donors (Lipinski definition) is 3. The van der Waals surface area contributed by atoms with E-state index in [4.69, 9.17) is 5.73 Å². The summed E-state index contributed by atoms with van der Waals surface area (Å²) in [6.07, 6.45) is -0.491. The van der Waals surface area contributed by atoms with Gasteiger partial charge in [0.05, 0.1) is 5.92 Å². The summed E-state index contributed by atoms with van der Waals surface area (Å²) in [6.45, 7) is 0. The lowest BCUT2D eigenvalue weighted by Crippen LogP contribution is -2.40. The fraction of sp³-hybridized carbons (Fsp3) is 0.294. The molecule has 0 radical (unpaired) electrons. The Labute approximate surface area is 140 Å². The smallest absolute Gasteiger partial charge is 0.310 e. The first kappa shape index (κ1) is 18.0. The van der Waals surface area contributed by atoms with Crippen LogP contribution in [0.3, 0.4) is 0 Å². The van der Waals surface area contributed by atoms with Crippen LogP contribution in [0, 0.1) is 5.92 Å². The standard InChI is InChI=1S/C17H18NO5P/c18-15(19)8-7-14(16(20)21)17(22,24-23)10-11-5-6-12-3-1-2-4-13(12)9-11/h1-6,9,14,22H,7-8,10H2,(H2,18,19)(H,20,21). The van der Waals surface area contributed by atoms with Gasteiger partial charge in [-0.05, 0) is 22.8 Å². The Hall–Kier alpha value is -2.30. The zero-order valence-electron chi connectivity index (χ0n) is 12.9. The third-order valence-corrected chi connectivity index (χ3v) is 4.76. The summed E-state index contributed by atoms with van der Waals surface area (Å²) in [7, 11) is -0.707. The lowest BCUT2D eigenvalue weighted by atomic mass is 9.90. The predicted octanol–water partition coefficient (Wildman–Crippen LogP) is 2.33. The van der Waals surface area contributed by atoms with Crippen LogP contribution in [0.15, 0.2) is 42.5 Å². The predicted molar refractivity (Wildman–Crippen MR) is 89.8 cm³/mol. The summed E-state index contributed by atoms with van der Waals surface area (Å²) in [5, 5.41) is 19.9. The van der Waals surface area contributed by atoms with Gasteiger partial charge in [0.15, 0.2) is 13.8 Å². The van der Waals surface area contributed by atoms with Gasteiger partial charge >= 0.3 is 5.97 Å². The largest absolute Gasteiger partial charge is 0.481 e. The number of nitrogens with two attached hydrogens (primary N) is 1. The molecule has 6 nitrogen and oxygen atoms in total. The molecule has 2 rings (SSSR count). The molecule has 1 amide bonds. The van der Waals surface area contributed by atoms with Crippen molar-refractivity contribution in [3.8, 4) is 0 Å². The Morgan fingerprint density at radius 2 is 1.83 bits per heavy atom. The summed E-state index contributed by atoms with van der Waals surface area (Å²) >= 11 is 0. The maximum absolute atomic E-state index is 11.6. The number of fused-ring (bicyclic) bond motifs is 1. The van der Waals surface area contributed by atoms with Gasteiger partial charge in [0.1, 0.15) is 0 Å². The Bertz CT molecular complexity index is 778. The molecule has 0 fully saturated rings. The summed E-state index contributed by atoms with van der Waals surface area (Å²) in [6, 6.07) is 13.0. The molecule has 0 aliphatic carbocycles. The van der Waals surface area contributed by atoms with Crippen molar-refractivity contribution in [3.05, 3.63) is 48.0 Å². The van der Waals surface area contributed by atoms with Crippen LogP contribution in [0.25, 0.3) is 10.8 Å². The highest BCUT2D eigenvalue weighted by Gasteiger charge is 2.42. The number of carboxylic acid groups (broad SMARTS) is 1. The van der Waals surface area contributed by atoms with Crippen LogP contribution in [-0.4, -0.2) is 27.4 Å². The van der Waals surface area contributed by atoms with E-state index in [-0.39, 0.29) is 19.3 Å². The van der Waals surface area contributed by atoms with Crippen molar-refractivity contribution in [1.29, 1.82) is 0 Å². The lowest BCUT2D eigenvalue weighted by molar-refractivity contribution is -0.147. The third kappa shape index (κ3) is 4.16. The average molecular weight is 347 g/mol. The van der Waals surface area contributed by atoms with Crippen molar-refractivity contribution in [2.75, 3.05) is 0 Å². The number of aliphatic carboxylic acids is 1. The first-order valence-corrected chi connectivity index (χ1v) is 8.22. The number of aliphatic hydroxyl groups is 1. The molecule has 0 aliphatic heterocycles. The second-order valence-corrected chi connectivity index (χ2v) is 6.68. The molecule has 24 heavy (non-hydrogen) atoms. The molecule has 4 N–H and O–H groups in total. The van der Waals surface area contributed by atoms with Crippen LogP contribution in [-0.2, 0) is 20.6 Å². The molecule has 2 atom stereocenters. The molecule has 0 heterocycles. The van der Waals surface area contributed by atoms with E-state index < -0.39 is 31.6 Å². The van der Waals surface area contributed by atoms with Crippen LogP contribution >= 0.6 is 8.46 Å². The molecule has 2 aromatic rings. The minimum absolute atomic E-state index is 0.112. The Morgan fingerprint density at radius 3 is 2.42 bits per heavy atom. The van der Waals surface area contributed by atoms with Crippen molar-refractivity contribution in [2.45, 2.75) is 24.6 Å². The third-order valence-electron chi connectivity index (χ3n) is 3.97. The summed E-state index contributed by atoms with van der Waals surface area (Å²) in [5.74, 6) is -3.35. The Morgan fingerprint density at radius 1 is 1.17 bits per heavy atom. The zero-order chi connectivity index (χ0) is 17.7. The highest BCUT2D eigenvalue weighted by Crippen LogP contribution is 2.36. The fourth-order valence-electron chi connectivity index (χ4n) is 2.71. The number of amides is 1. The van der Waals surface area contributed by atoms with E-state index in [1.165, 1.54) is 0 Å². The van der Waals surface area contributed by atoms with E-state index >= 15 is 0 Å². The normalized spacial score (nSPS) is 15.0. The van der Waals surface area contributed by atoms with E-state index in [9.17, 15) is 24.4 Å². The molecule has 0 spiro atoms. The van der Waals surface area contributed by atoms with Gasteiger partial charge in [0.25, 0.3) is 0 Å². The van der Waals surface area contributed by atoms with Crippen molar-refractivity contribution >= 4 is 31.1 Å². The highest BCUT2D eigenvalue weighted by molar-refractivity contribution is 7.25. The molecule has 126 valence electrons. The quantitative estimate of drug-likeness (QED) is 0.634. The maximum Gasteiger partial charge on any atom is 0.310 e. The molecule has 0 saturated carbocycles. The second kappa shape index (κ2) is 7.51. The van der Waals surface area contributed by atoms with Crippen molar-refractivity contribution in [2.24, 2.45) is 11.7 Å². The van der Waals surface area contributed by atoms with Crippen LogP contribution < -0.4 is 5.73 Å². The number of primary amides is 1. The topological polar surface area (TPSA) is 118 Å². The van der Waals surface area contributed by atoms with E-state index in [2.05, 4.69) is 0 Å². The van der Waals surface area contributed by atoms with Gasteiger partial charge in [-0.2, -0.15) is 0 Å². The number of carbonyl (C=O) groups is 2. The molecule has 7 heteroatoms. The number of benzene rings is 2. The van der Waals surface area contributed by atoms with Gasteiger partial charge in [0.2, 0.25) is 5.91 Å². The minimum atomic E-state index is -2.01. The molecule has 0 aliphatic rings. The van der Waals surface area contributed by atoms with E-state index in [0.717, 1.165) is 10.8 Å². The summed E-state index contributed by atoms with van der Waals surface area (Å²) < 4.78 is 11.6. The van der Waals surface area contributed by atoms with E-state index in [0.29, 0.717) is 5.56 Å². The Balaban J connectivity index is 2.30. The highest BCUT2D eigenvalue weighted by atomic mass is 31.1. The van der Waals surface area contributed by atoms with Gasteiger partial charge in [-0.25, -0.2) is 0 Å². The van der Waals surface area contributed by atoms with Crippen LogP contribution in [0.1, 0.15) is 18.4 Å². The number of carbonyl (C=O) groups excluding carboxylic acids is 1. The molecular formula is C17H18NO5P. The molecule has 0 saturated heterocycles. The molecular weight excluding hydrogens is 329 g/mol. The van der Waals surface area contributed by atoms with Crippen molar-refractivity contribution in [1.82, 2.24) is 0 Å². The van der Waals surface area contributed by atoms with E-state index in [1.807, 2.05) is 36.4 Å². The molecule has 2 unspecified atom stereocenters. The van der Waals surface area contributed by atoms with Crippen molar-refractivity contribution in [3.63, 3.8) is 0 Å². The number of rotatable bonds is 8. The van der Waals surface area contributed by atoms with Crippen LogP contribution in [0.4, 0.5) is 0 Å². The van der Waals surface area contributed by atoms with Gasteiger partial charge in [-0.15, -0.1) is 0 Å². The first-order chi connectivity index (χ1) is 11.4. The van der Waals surface area contributed by atoms with Gasteiger partial charge < -0.3 is 15.9 Å². The monoisotopic (exact) mass is 347 g/mol. The maximum atomic E-state index is 11.6.